The molecule has 8 heteroatoms. The Kier molecular flexibility index (Phi) is 4.20. The third-order valence-electron chi connectivity index (χ3n) is 2.49. The molecule has 0 saturated heterocycles. The topological polar surface area (TPSA) is 69.5 Å². The molecular weight excluding hydrogens is 352 g/mol. The van der Waals surface area contributed by atoms with Crippen molar-refractivity contribution in [3.05, 3.63) is 44.2 Å². The SMILES string of the molecule is CSc1nc(-c2ccc(F)c(Br)c2F)c(C#N)c(=O)[nH]1. The van der Waals surface area contributed by atoms with E-state index in [-0.39, 0.29) is 26.4 Å². The molecule has 2 aromatic rings. The van der Waals surface area contributed by atoms with Gasteiger partial charge in [0.05, 0.1) is 10.2 Å². The Morgan fingerprint density at radius 3 is 2.75 bits per heavy atom. The summed E-state index contributed by atoms with van der Waals surface area (Å²) >= 11 is 3.92. The molecule has 0 saturated carbocycles. The Hall–Kier alpha value is -1.72. The summed E-state index contributed by atoms with van der Waals surface area (Å²) in [5.41, 5.74) is -1.21. The summed E-state index contributed by atoms with van der Waals surface area (Å²) in [7, 11) is 0. The van der Waals surface area contributed by atoms with Crippen molar-refractivity contribution in [1.29, 1.82) is 5.26 Å². The second-order valence-corrected chi connectivity index (χ2v) is 5.22. The fourth-order valence-electron chi connectivity index (χ4n) is 1.56. The molecule has 0 aliphatic heterocycles. The first-order chi connectivity index (χ1) is 9.49. The predicted molar refractivity (Wildman–Crippen MR) is 74.4 cm³/mol. The van der Waals surface area contributed by atoms with Crippen molar-refractivity contribution >= 4 is 27.7 Å². The molecular formula is C12H6BrF2N3OS. The largest absolute Gasteiger partial charge is 0.300 e. The third-order valence-corrected chi connectivity index (χ3v) is 3.80. The van der Waals surface area contributed by atoms with Crippen LogP contribution in [-0.2, 0) is 0 Å². The minimum absolute atomic E-state index is 0.112. The number of hydrogen-bond acceptors (Lipinski definition) is 4. The van der Waals surface area contributed by atoms with Crippen molar-refractivity contribution in [1.82, 2.24) is 9.97 Å². The van der Waals surface area contributed by atoms with Crippen molar-refractivity contribution < 1.29 is 8.78 Å². The Bertz CT molecular complexity index is 785. The molecule has 0 bridgehead atoms. The number of nitrogens with one attached hydrogen (secondary N) is 1. The Labute approximate surface area is 125 Å². The van der Waals surface area contributed by atoms with Crippen LogP contribution in [0.3, 0.4) is 0 Å². The maximum absolute atomic E-state index is 14.1. The Balaban J connectivity index is 2.82. The monoisotopic (exact) mass is 357 g/mol. The van der Waals surface area contributed by atoms with Gasteiger partial charge in [0.15, 0.2) is 5.16 Å². The van der Waals surface area contributed by atoms with Crippen molar-refractivity contribution in [2.75, 3.05) is 6.26 Å². The van der Waals surface area contributed by atoms with Crippen LogP contribution < -0.4 is 5.56 Å². The lowest BCUT2D eigenvalue weighted by Crippen LogP contribution is -2.15. The first-order valence-electron chi connectivity index (χ1n) is 5.21. The highest BCUT2D eigenvalue weighted by Crippen LogP contribution is 2.30. The van der Waals surface area contributed by atoms with Gasteiger partial charge in [0.25, 0.3) is 5.56 Å². The van der Waals surface area contributed by atoms with Gasteiger partial charge in [-0.05, 0) is 34.3 Å². The molecule has 102 valence electrons. The second kappa shape index (κ2) is 5.73. The molecule has 0 radical (unpaired) electrons. The molecule has 0 unspecified atom stereocenters. The summed E-state index contributed by atoms with van der Waals surface area (Å²) in [4.78, 5) is 18.2. The van der Waals surface area contributed by atoms with E-state index in [2.05, 4.69) is 25.9 Å². The molecule has 4 nitrogen and oxygen atoms in total. The molecule has 0 amide bonds. The number of halogens is 3. The highest BCUT2D eigenvalue weighted by molar-refractivity contribution is 9.10. The second-order valence-electron chi connectivity index (χ2n) is 3.63. The zero-order valence-corrected chi connectivity index (χ0v) is 12.4. The lowest BCUT2D eigenvalue weighted by atomic mass is 10.1. The van der Waals surface area contributed by atoms with Crippen LogP contribution in [0.4, 0.5) is 8.78 Å². The van der Waals surface area contributed by atoms with Crippen LogP contribution in [0.5, 0.6) is 0 Å². The number of benzene rings is 1. The van der Waals surface area contributed by atoms with Crippen molar-refractivity contribution in [3.63, 3.8) is 0 Å². The lowest BCUT2D eigenvalue weighted by Gasteiger charge is -2.07. The van der Waals surface area contributed by atoms with Crippen LogP contribution in [0.25, 0.3) is 11.3 Å². The van der Waals surface area contributed by atoms with E-state index in [9.17, 15) is 13.6 Å². The summed E-state index contributed by atoms with van der Waals surface area (Å²) in [5.74, 6) is -1.69. The van der Waals surface area contributed by atoms with E-state index in [0.29, 0.717) is 0 Å². The molecule has 0 aliphatic rings. The van der Waals surface area contributed by atoms with E-state index >= 15 is 0 Å². The van der Waals surface area contributed by atoms with Crippen molar-refractivity contribution in [3.8, 4) is 17.3 Å². The fraction of sp³-hybridized carbons (Fsp3) is 0.0833. The zero-order chi connectivity index (χ0) is 14.9. The van der Waals surface area contributed by atoms with Crippen LogP contribution in [0.15, 0.2) is 26.6 Å². The number of hydrogen-bond donors (Lipinski definition) is 1. The van der Waals surface area contributed by atoms with Crippen LogP contribution in [0.1, 0.15) is 5.56 Å². The minimum atomic E-state index is -0.911. The summed E-state index contributed by atoms with van der Waals surface area (Å²) < 4.78 is 26.9. The fourth-order valence-corrected chi connectivity index (χ4v) is 2.28. The van der Waals surface area contributed by atoms with Gasteiger partial charge >= 0.3 is 0 Å². The summed E-state index contributed by atoms with van der Waals surface area (Å²) in [6.45, 7) is 0. The average molecular weight is 358 g/mol. The van der Waals surface area contributed by atoms with E-state index in [4.69, 9.17) is 5.26 Å². The molecule has 0 fully saturated rings. The van der Waals surface area contributed by atoms with Crippen molar-refractivity contribution in [2.45, 2.75) is 5.16 Å². The maximum Gasteiger partial charge on any atom is 0.270 e. The van der Waals surface area contributed by atoms with Gasteiger partial charge in [-0.2, -0.15) is 5.26 Å². The summed E-state index contributed by atoms with van der Waals surface area (Å²) in [6.07, 6.45) is 1.67. The van der Waals surface area contributed by atoms with Gasteiger partial charge in [-0.3, -0.25) is 4.79 Å². The molecule has 20 heavy (non-hydrogen) atoms. The van der Waals surface area contributed by atoms with Crippen LogP contribution in [0.2, 0.25) is 0 Å². The highest BCUT2D eigenvalue weighted by Gasteiger charge is 2.19. The highest BCUT2D eigenvalue weighted by atomic mass is 79.9. The molecule has 1 aromatic carbocycles. The van der Waals surface area contributed by atoms with Crippen LogP contribution in [-0.4, -0.2) is 16.2 Å². The first-order valence-corrected chi connectivity index (χ1v) is 7.23. The van der Waals surface area contributed by atoms with E-state index < -0.39 is 17.2 Å². The van der Waals surface area contributed by atoms with Crippen LogP contribution in [0, 0.1) is 23.0 Å². The first kappa shape index (κ1) is 14.7. The smallest absolute Gasteiger partial charge is 0.270 e. The van der Waals surface area contributed by atoms with Gasteiger partial charge in [0.1, 0.15) is 23.3 Å². The number of aromatic nitrogens is 2. The number of H-pyrrole nitrogens is 1. The van der Waals surface area contributed by atoms with Gasteiger partial charge < -0.3 is 4.98 Å². The predicted octanol–water partition coefficient (Wildman–Crippen LogP) is 3.07. The molecule has 2 rings (SSSR count). The van der Waals surface area contributed by atoms with E-state index in [1.165, 1.54) is 0 Å². The Morgan fingerprint density at radius 2 is 2.15 bits per heavy atom. The van der Waals surface area contributed by atoms with E-state index in [1.54, 1.807) is 12.3 Å². The maximum atomic E-state index is 14.1. The van der Waals surface area contributed by atoms with Gasteiger partial charge in [0, 0.05) is 5.56 Å². The zero-order valence-electron chi connectivity index (χ0n) is 10.00. The third kappa shape index (κ3) is 2.46. The van der Waals surface area contributed by atoms with Gasteiger partial charge in [-0.15, -0.1) is 0 Å². The molecule has 1 heterocycles. The van der Waals surface area contributed by atoms with Crippen LogP contribution >= 0.6 is 27.7 Å². The number of nitrogens with zero attached hydrogens (tertiary/aromatic N) is 2. The van der Waals surface area contributed by atoms with Gasteiger partial charge in [0.2, 0.25) is 0 Å². The van der Waals surface area contributed by atoms with Gasteiger partial charge in [-0.25, -0.2) is 13.8 Å². The molecule has 0 atom stereocenters. The summed E-state index contributed by atoms with van der Waals surface area (Å²) in [5, 5.41) is 9.25. The number of thioether (sulfide) groups is 1. The lowest BCUT2D eigenvalue weighted by molar-refractivity contribution is 0.573. The molecule has 0 spiro atoms. The standard InChI is InChI=1S/C12H6BrF2N3OS/c1-20-12-17-10(6(4-16)11(19)18-12)5-2-3-7(14)8(13)9(5)15/h2-3H,1H3,(H,17,18,19). The number of aromatic amines is 1. The van der Waals surface area contributed by atoms with Gasteiger partial charge in [-0.1, -0.05) is 11.8 Å². The summed E-state index contributed by atoms with van der Waals surface area (Å²) in [6, 6.07) is 3.86. The molecule has 1 N–H and O–H groups in total. The van der Waals surface area contributed by atoms with E-state index in [0.717, 1.165) is 23.9 Å². The number of nitriles is 1. The average Bonchev–Trinajstić information content (AvgIpc) is 2.44. The number of rotatable bonds is 2. The van der Waals surface area contributed by atoms with Crippen molar-refractivity contribution in [2.24, 2.45) is 0 Å². The Morgan fingerprint density at radius 1 is 1.45 bits per heavy atom. The minimum Gasteiger partial charge on any atom is -0.300 e. The normalized spacial score (nSPS) is 10.3. The van der Waals surface area contributed by atoms with E-state index in [1.807, 2.05) is 0 Å². The molecule has 1 aromatic heterocycles. The molecule has 0 aliphatic carbocycles. The quantitative estimate of drug-likeness (QED) is 0.509.